The van der Waals surface area contributed by atoms with Crippen LogP contribution in [0.2, 0.25) is 0 Å². The molecular formula is C19H18F5NO3. The van der Waals surface area contributed by atoms with Crippen LogP contribution in [0.3, 0.4) is 0 Å². The molecular weight excluding hydrogens is 385 g/mol. The first-order chi connectivity index (χ1) is 12.7. The second-order valence-electron chi connectivity index (χ2n) is 7.43. The zero-order chi connectivity index (χ0) is 21.1. The fraction of sp³-hybridized carbons (Fsp3) is 0.421. The molecule has 2 heterocycles. The Morgan fingerprint density at radius 1 is 1.07 bits per heavy atom. The third-order valence-electron chi connectivity index (χ3n) is 5.27. The summed E-state index contributed by atoms with van der Waals surface area (Å²) in [5, 5.41) is 11.1. The van der Waals surface area contributed by atoms with Crippen LogP contribution in [-0.2, 0) is 5.92 Å². The average molecular weight is 403 g/mol. The van der Waals surface area contributed by atoms with Crippen LogP contribution >= 0.6 is 0 Å². The van der Waals surface area contributed by atoms with Crippen LogP contribution in [0.15, 0.2) is 47.4 Å². The standard InChI is InChI=1S/C19H18F5NO3/c1-16(2)17(3,27)15(25-9-5-4-6-14(25)26)12-10-11(7-8-13(12)28-16)18(20,21)19(22,23)24/h4-10,15,27H,1-3H3. The quantitative estimate of drug-likeness (QED) is 0.771. The molecule has 0 saturated heterocycles. The molecule has 1 aliphatic heterocycles. The molecule has 0 fully saturated rings. The summed E-state index contributed by atoms with van der Waals surface area (Å²) in [6, 6.07) is 5.17. The number of ether oxygens (including phenoxy) is 1. The summed E-state index contributed by atoms with van der Waals surface area (Å²) in [5.74, 6) is -5.09. The Kier molecular flexibility index (Phi) is 4.38. The molecule has 1 aromatic carbocycles. The Labute approximate surface area is 157 Å². The summed E-state index contributed by atoms with van der Waals surface area (Å²) in [6.07, 6.45) is -4.46. The summed E-state index contributed by atoms with van der Waals surface area (Å²) in [6.45, 7) is 4.42. The third-order valence-corrected chi connectivity index (χ3v) is 5.27. The van der Waals surface area contributed by atoms with Crippen LogP contribution in [0.4, 0.5) is 22.0 Å². The van der Waals surface area contributed by atoms with Crippen LogP contribution in [0.1, 0.15) is 37.9 Å². The van der Waals surface area contributed by atoms with Crippen molar-refractivity contribution in [1.29, 1.82) is 0 Å². The molecule has 9 heteroatoms. The van der Waals surface area contributed by atoms with Gasteiger partial charge in [-0.05, 0) is 45.0 Å². The molecule has 2 atom stereocenters. The van der Waals surface area contributed by atoms with Crippen molar-refractivity contribution < 1.29 is 31.8 Å². The molecule has 1 N–H and O–H groups in total. The number of hydrogen-bond acceptors (Lipinski definition) is 3. The maximum Gasteiger partial charge on any atom is 0.458 e. The van der Waals surface area contributed by atoms with Crippen molar-refractivity contribution >= 4 is 0 Å². The third kappa shape index (κ3) is 2.88. The maximum atomic E-state index is 13.9. The van der Waals surface area contributed by atoms with Crippen LogP contribution in [0.5, 0.6) is 5.75 Å². The highest BCUT2D eigenvalue weighted by Crippen LogP contribution is 2.50. The molecule has 1 aromatic heterocycles. The smallest absolute Gasteiger partial charge is 0.458 e. The second-order valence-corrected chi connectivity index (χ2v) is 7.43. The molecule has 0 amide bonds. The van der Waals surface area contributed by atoms with Gasteiger partial charge in [-0.1, -0.05) is 6.07 Å². The monoisotopic (exact) mass is 403 g/mol. The van der Waals surface area contributed by atoms with Crippen molar-refractivity contribution in [3.63, 3.8) is 0 Å². The molecule has 4 nitrogen and oxygen atoms in total. The number of rotatable bonds is 2. The minimum atomic E-state index is -5.79. The molecule has 1 aliphatic rings. The number of pyridine rings is 1. The molecule has 152 valence electrons. The highest BCUT2D eigenvalue weighted by atomic mass is 19.4. The van der Waals surface area contributed by atoms with Gasteiger partial charge in [0.2, 0.25) is 0 Å². The number of nitrogens with zero attached hydrogens (tertiary/aromatic N) is 1. The van der Waals surface area contributed by atoms with Gasteiger partial charge in [-0.25, -0.2) is 0 Å². The Bertz CT molecular complexity index is 963. The van der Waals surface area contributed by atoms with E-state index in [0.29, 0.717) is 12.1 Å². The SMILES string of the molecule is CC1(C)Oc2ccc(C(F)(F)C(F)(F)F)cc2C(n2ccccc2=O)C1(C)O. The first-order valence-electron chi connectivity index (χ1n) is 8.37. The Morgan fingerprint density at radius 2 is 1.71 bits per heavy atom. The summed E-state index contributed by atoms with van der Waals surface area (Å²) >= 11 is 0. The summed E-state index contributed by atoms with van der Waals surface area (Å²) in [7, 11) is 0. The molecule has 0 saturated carbocycles. The van der Waals surface area contributed by atoms with Gasteiger partial charge in [0.1, 0.15) is 17.0 Å². The number of aromatic nitrogens is 1. The molecule has 2 aromatic rings. The van der Waals surface area contributed by atoms with Crippen LogP contribution < -0.4 is 10.3 Å². The lowest BCUT2D eigenvalue weighted by atomic mass is 9.75. The Morgan fingerprint density at radius 3 is 2.29 bits per heavy atom. The zero-order valence-electron chi connectivity index (χ0n) is 15.2. The fourth-order valence-electron chi connectivity index (χ4n) is 3.30. The zero-order valence-corrected chi connectivity index (χ0v) is 15.2. The lowest BCUT2D eigenvalue weighted by molar-refractivity contribution is -0.289. The predicted octanol–water partition coefficient (Wildman–Crippen LogP) is 4.01. The van der Waals surface area contributed by atoms with Gasteiger partial charge in [0, 0.05) is 23.4 Å². The van der Waals surface area contributed by atoms with E-state index in [9.17, 15) is 31.9 Å². The maximum absolute atomic E-state index is 13.9. The Balaban J connectivity index is 2.30. The van der Waals surface area contributed by atoms with Gasteiger partial charge in [0.25, 0.3) is 5.56 Å². The lowest BCUT2D eigenvalue weighted by Crippen LogP contribution is -2.60. The van der Waals surface area contributed by atoms with Crippen molar-refractivity contribution in [3.05, 3.63) is 64.1 Å². The van der Waals surface area contributed by atoms with E-state index in [-0.39, 0.29) is 11.3 Å². The number of halogens is 5. The van der Waals surface area contributed by atoms with E-state index < -0.39 is 40.5 Å². The first kappa shape index (κ1) is 20.3. The fourth-order valence-corrected chi connectivity index (χ4v) is 3.30. The molecule has 2 unspecified atom stereocenters. The first-order valence-corrected chi connectivity index (χ1v) is 8.37. The number of hydrogen-bond donors (Lipinski definition) is 1. The van der Waals surface area contributed by atoms with Crippen molar-refractivity contribution in [2.24, 2.45) is 0 Å². The second kappa shape index (κ2) is 6.04. The van der Waals surface area contributed by atoms with E-state index in [2.05, 4.69) is 0 Å². The number of benzene rings is 1. The lowest BCUT2D eigenvalue weighted by Gasteiger charge is -2.50. The molecule has 3 rings (SSSR count). The van der Waals surface area contributed by atoms with Crippen LogP contribution in [0.25, 0.3) is 0 Å². The van der Waals surface area contributed by atoms with E-state index in [4.69, 9.17) is 4.74 Å². The highest BCUT2D eigenvalue weighted by molar-refractivity contribution is 5.46. The van der Waals surface area contributed by atoms with Gasteiger partial charge in [0.05, 0.1) is 6.04 Å². The van der Waals surface area contributed by atoms with E-state index in [1.165, 1.54) is 45.2 Å². The van der Waals surface area contributed by atoms with E-state index in [1.807, 2.05) is 0 Å². The van der Waals surface area contributed by atoms with Crippen molar-refractivity contribution in [2.45, 2.75) is 50.1 Å². The van der Waals surface area contributed by atoms with Crippen molar-refractivity contribution in [3.8, 4) is 5.75 Å². The van der Waals surface area contributed by atoms with Gasteiger partial charge >= 0.3 is 12.1 Å². The minimum absolute atomic E-state index is 0.0130. The summed E-state index contributed by atoms with van der Waals surface area (Å²) in [4.78, 5) is 12.4. The number of fused-ring (bicyclic) bond motifs is 1. The normalized spacial score (nSPS) is 24.4. The minimum Gasteiger partial charge on any atom is -0.484 e. The number of alkyl halides is 5. The van der Waals surface area contributed by atoms with Crippen molar-refractivity contribution in [2.75, 3.05) is 0 Å². The molecule has 0 bridgehead atoms. The summed E-state index contributed by atoms with van der Waals surface area (Å²) in [5.41, 5.74) is -5.07. The summed E-state index contributed by atoms with van der Waals surface area (Å²) < 4.78 is 73.0. The van der Waals surface area contributed by atoms with Gasteiger partial charge in [-0.2, -0.15) is 22.0 Å². The predicted molar refractivity (Wildman–Crippen MR) is 90.6 cm³/mol. The van der Waals surface area contributed by atoms with Crippen LogP contribution in [-0.4, -0.2) is 27.1 Å². The molecule has 0 aliphatic carbocycles. The molecule has 28 heavy (non-hydrogen) atoms. The largest absolute Gasteiger partial charge is 0.484 e. The van der Waals surface area contributed by atoms with E-state index in [1.54, 1.807) is 0 Å². The van der Waals surface area contributed by atoms with E-state index in [0.717, 1.165) is 10.6 Å². The van der Waals surface area contributed by atoms with Crippen molar-refractivity contribution in [1.82, 2.24) is 4.57 Å². The molecule has 0 spiro atoms. The van der Waals surface area contributed by atoms with Gasteiger partial charge < -0.3 is 14.4 Å². The highest BCUT2D eigenvalue weighted by Gasteiger charge is 2.60. The molecule has 0 radical (unpaired) electrons. The average Bonchev–Trinajstić information content (AvgIpc) is 2.55. The topological polar surface area (TPSA) is 51.5 Å². The van der Waals surface area contributed by atoms with Gasteiger partial charge in [0.15, 0.2) is 0 Å². The Hall–Kier alpha value is -2.42. The van der Waals surface area contributed by atoms with Gasteiger partial charge in [-0.15, -0.1) is 0 Å². The van der Waals surface area contributed by atoms with Gasteiger partial charge in [-0.3, -0.25) is 4.79 Å². The number of aliphatic hydroxyl groups is 1. The van der Waals surface area contributed by atoms with Crippen LogP contribution in [0, 0.1) is 0 Å². The van der Waals surface area contributed by atoms with E-state index >= 15 is 0 Å².